The standard InChI is InChI=1S/C32H37N5O2/c1-6-33-29-12-11-25(17-22(29)2)28-20-35-30-27(28)18-26(19-34-30)24-9-7-23(8-10-24)21-36-13-15-37(16-14-36)31(38)39-32(3,4)5/h6-12,17-20,33H,1,13-16,21H2,2-5H3,(H,34,35). The first-order chi connectivity index (χ1) is 18.7. The summed E-state index contributed by atoms with van der Waals surface area (Å²) in [5, 5.41) is 4.28. The minimum Gasteiger partial charge on any atom is -0.444 e. The van der Waals surface area contributed by atoms with E-state index in [9.17, 15) is 4.79 Å². The van der Waals surface area contributed by atoms with Crippen molar-refractivity contribution in [3.63, 3.8) is 0 Å². The highest BCUT2D eigenvalue weighted by Gasteiger charge is 2.25. The van der Waals surface area contributed by atoms with Gasteiger partial charge in [0.25, 0.3) is 0 Å². The number of carbonyl (C=O) groups is 1. The summed E-state index contributed by atoms with van der Waals surface area (Å²) in [5.74, 6) is 0. The van der Waals surface area contributed by atoms with E-state index in [1.165, 1.54) is 5.56 Å². The first-order valence-corrected chi connectivity index (χ1v) is 13.5. The lowest BCUT2D eigenvalue weighted by molar-refractivity contribution is 0.0139. The molecule has 3 heterocycles. The Balaban J connectivity index is 1.26. The van der Waals surface area contributed by atoms with E-state index in [4.69, 9.17) is 9.72 Å². The lowest BCUT2D eigenvalue weighted by Crippen LogP contribution is -2.49. The molecular weight excluding hydrogens is 486 g/mol. The summed E-state index contributed by atoms with van der Waals surface area (Å²) in [7, 11) is 0. The number of pyridine rings is 1. The molecular formula is C32H37N5O2. The fraction of sp³-hybridized carbons (Fsp3) is 0.312. The van der Waals surface area contributed by atoms with Crippen LogP contribution in [0.1, 0.15) is 31.9 Å². The topological polar surface area (TPSA) is 73.5 Å². The molecule has 0 atom stereocenters. The molecule has 7 heteroatoms. The first kappa shape index (κ1) is 26.5. The van der Waals surface area contributed by atoms with Gasteiger partial charge in [-0.05, 0) is 74.3 Å². The number of hydrogen-bond acceptors (Lipinski definition) is 5. The monoisotopic (exact) mass is 523 g/mol. The van der Waals surface area contributed by atoms with E-state index in [1.54, 1.807) is 11.1 Å². The number of rotatable bonds is 6. The Morgan fingerprint density at radius 3 is 2.44 bits per heavy atom. The van der Waals surface area contributed by atoms with E-state index in [1.807, 2.05) is 33.2 Å². The molecule has 1 amide bonds. The number of benzene rings is 2. The van der Waals surface area contributed by atoms with Crippen LogP contribution in [0.3, 0.4) is 0 Å². The molecule has 2 N–H and O–H groups in total. The molecule has 2 aromatic heterocycles. The van der Waals surface area contributed by atoms with Crippen LogP contribution in [-0.4, -0.2) is 57.6 Å². The summed E-state index contributed by atoms with van der Waals surface area (Å²) in [6.45, 7) is 15.5. The molecule has 202 valence electrons. The van der Waals surface area contributed by atoms with E-state index >= 15 is 0 Å². The highest BCUT2D eigenvalue weighted by Crippen LogP contribution is 2.33. The van der Waals surface area contributed by atoms with Crippen LogP contribution in [0.2, 0.25) is 0 Å². The van der Waals surface area contributed by atoms with Gasteiger partial charge in [-0.25, -0.2) is 9.78 Å². The Kier molecular flexibility index (Phi) is 7.44. The predicted octanol–water partition coefficient (Wildman–Crippen LogP) is 6.81. The molecule has 0 saturated carbocycles. The summed E-state index contributed by atoms with van der Waals surface area (Å²) in [4.78, 5) is 24.5. The molecule has 1 fully saturated rings. The van der Waals surface area contributed by atoms with Crippen LogP contribution in [0.15, 0.2) is 73.7 Å². The Hall–Kier alpha value is -4.10. The molecule has 1 aliphatic rings. The van der Waals surface area contributed by atoms with E-state index in [-0.39, 0.29) is 6.09 Å². The van der Waals surface area contributed by atoms with Gasteiger partial charge in [-0.15, -0.1) is 0 Å². The van der Waals surface area contributed by atoms with Gasteiger partial charge in [0.15, 0.2) is 0 Å². The molecule has 2 aromatic carbocycles. The Morgan fingerprint density at radius 2 is 1.77 bits per heavy atom. The fourth-order valence-corrected chi connectivity index (χ4v) is 4.98. The van der Waals surface area contributed by atoms with Gasteiger partial charge in [0, 0.05) is 67.3 Å². The summed E-state index contributed by atoms with van der Waals surface area (Å²) in [6.07, 6.45) is 5.43. The zero-order valence-electron chi connectivity index (χ0n) is 23.3. The van der Waals surface area contributed by atoms with Crippen molar-refractivity contribution in [2.75, 3.05) is 31.5 Å². The molecule has 0 unspecified atom stereocenters. The number of anilines is 1. The zero-order chi connectivity index (χ0) is 27.6. The van der Waals surface area contributed by atoms with Crippen LogP contribution < -0.4 is 5.32 Å². The number of amides is 1. The van der Waals surface area contributed by atoms with Crippen LogP contribution in [0.25, 0.3) is 33.3 Å². The Labute approximate surface area is 230 Å². The summed E-state index contributed by atoms with van der Waals surface area (Å²) < 4.78 is 5.51. The average molecular weight is 524 g/mol. The fourth-order valence-electron chi connectivity index (χ4n) is 4.98. The maximum Gasteiger partial charge on any atom is 0.410 e. The summed E-state index contributed by atoms with van der Waals surface area (Å²) in [5.41, 5.74) is 8.38. The number of piperazine rings is 1. The van der Waals surface area contributed by atoms with Crippen molar-refractivity contribution in [1.82, 2.24) is 19.8 Å². The molecule has 4 aromatic rings. The largest absolute Gasteiger partial charge is 0.444 e. The van der Waals surface area contributed by atoms with Crippen molar-refractivity contribution in [2.45, 2.75) is 39.8 Å². The second kappa shape index (κ2) is 10.9. The van der Waals surface area contributed by atoms with Gasteiger partial charge in [0.2, 0.25) is 0 Å². The molecule has 0 aliphatic carbocycles. The van der Waals surface area contributed by atoms with Gasteiger partial charge < -0.3 is 19.9 Å². The third-order valence-corrected chi connectivity index (χ3v) is 7.04. The number of fused-ring (bicyclic) bond motifs is 1. The number of hydrogen-bond donors (Lipinski definition) is 2. The molecule has 0 radical (unpaired) electrons. The van der Waals surface area contributed by atoms with Gasteiger partial charge in [-0.1, -0.05) is 36.9 Å². The van der Waals surface area contributed by atoms with Crippen LogP contribution in [0, 0.1) is 6.92 Å². The highest BCUT2D eigenvalue weighted by molar-refractivity contribution is 5.96. The Morgan fingerprint density at radius 1 is 1.05 bits per heavy atom. The molecule has 0 spiro atoms. The maximum absolute atomic E-state index is 12.3. The molecule has 39 heavy (non-hydrogen) atoms. The van der Waals surface area contributed by atoms with Crippen molar-refractivity contribution >= 4 is 22.8 Å². The zero-order valence-corrected chi connectivity index (χ0v) is 23.3. The quantitative estimate of drug-likeness (QED) is 0.290. The minimum atomic E-state index is -0.466. The smallest absolute Gasteiger partial charge is 0.410 e. The van der Waals surface area contributed by atoms with Crippen LogP contribution in [0.5, 0.6) is 0 Å². The third-order valence-electron chi connectivity index (χ3n) is 7.04. The second-order valence-corrected chi connectivity index (χ2v) is 11.1. The van der Waals surface area contributed by atoms with Gasteiger partial charge in [-0.3, -0.25) is 4.90 Å². The normalized spacial score (nSPS) is 14.4. The van der Waals surface area contributed by atoms with Crippen molar-refractivity contribution in [2.24, 2.45) is 0 Å². The van der Waals surface area contributed by atoms with Gasteiger partial charge >= 0.3 is 6.09 Å². The molecule has 5 rings (SSSR count). The highest BCUT2D eigenvalue weighted by atomic mass is 16.6. The van der Waals surface area contributed by atoms with Crippen molar-refractivity contribution < 1.29 is 9.53 Å². The predicted molar refractivity (Wildman–Crippen MR) is 159 cm³/mol. The number of ether oxygens (including phenoxy) is 1. The van der Waals surface area contributed by atoms with Crippen LogP contribution >= 0.6 is 0 Å². The first-order valence-electron chi connectivity index (χ1n) is 13.5. The summed E-state index contributed by atoms with van der Waals surface area (Å²) >= 11 is 0. The van der Waals surface area contributed by atoms with E-state index in [0.717, 1.165) is 64.2 Å². The number of carbonyl (C=O) groups excluding carboxylic acids is 1. The van der Waals surface area contributed by atoms with Crippen molar-refractivity contribution in [3.8, 4) is 22.3 Å². The second-order valence-electron chi connectivity index (χ2n) is 11.1. The lowest BCUT2D eigenvalue weighted by atomic mass is 10.00. The number of H-pyrrole nitrogens is 1. The lowest BCUT2D eigenvalue weighted by Gasteiger charge is -2.35. The molecule has 7 nitrogen and oxygen atoms in total. The average Bonchev–Trinajstić information content (AvgIpc) is 3.33. The van der Waals surface area contributed by atoms with E-state index in [2.05, 4.69) is 77.2 Å². The number of aromatic amines is 1. The molecule has 1 saturated heterocycles. The third kappa shape index (κ3) is 6.15. The summed E-state index contributed by atoms with van der Waals surface area (Å²) in [6, 6.07) is 17.3. The molecule has 1 aliphatic heterocycles. The van der Waals surface area contributed by atoms with Crippen LogP contribution in [0.4, 0.5) is 10.5 Å². The van der Waals surface area contributed by atoms with E-state index < -0.39 is 5.60 Å². The number of nitrogens with one attached hydrogen (secondary N) is 2. The SMILES string of the molecule is C=CNc1ccc(-c2c[nH]c3ncc(-c4ccc(CN5CCN(C(=O)OC(C)(C)C)CC5)cc4)cc23)cc1C. The number of aromatic nitrogens is 2. The number of aryl methyl sites for hydroxylation is 1. The van der Waals surface area contributed by atoms with Crippen molar-refractivity contribution in [1.29, 1.82) is 0 Å². The van der Waals surface area contributed by atoms with Gasteiger partial charge in [0.05, 0.1) is 0 Å². The molecule has 0 bridgehead atoms. The van der Waals surface area contributed by atoms with Gasteiger partial charge in [0.1, 0.15) is 11.2 Å². The van der Waals surface area contributed by atoms with Crippen LogP contribution in [-0.2, 0) is 11.3 Å². The maximum atomic E-state index is 12.3. The Bertz CT molecular complexity index is 1470. The van der Waals surface area contributed by atoms with E-state index in [0.29, 0.717) is 13.1 Å². The minimum absolute atomic E-state index is 0.223. The number of nitrogens with zero attached hydrogens (tertiary/aromatic N) is 3. The van der Waals surface area contributed by atoms with Gasteiger partial charge in [-0.2, -0.15) is 0 Å². The van der Waals surface area contributed by atoms with Crippen molar-refractivity contribution in [3.05, 3.63) is 84.8 Å².